The van der Waals surface area contributed by atoms with E-state index in [-0.39, 0.29) is 12.4 Å². The lowest BCUT2D eigenvalue weighted by Crippen LogP contribution is -2.17. The molecule has 0 amide bonds. The summed E-state index contributed by atoms with van der Waals surface area (Å²) < 4.78 is 0. The third-order valence-corrected chi connectivity index (χ3v) is 3.67. The van der Waals surface area contributed by atoms with E-state index in [4.69, 9.17) is 5.26 Å². The molecule has 0 radical (unpaired) electrons. The molecule has 0 saturated heterocycles. The van der Waals surface area contributed by atoms with E-state index in [2.05, 4.69) is 41.7 Å². The van der Waals surface area contributed by atoms with Crippen molar-refractivity contribution in [3.63, 3.8) is 0 Å². The Hall–Kier alpha value is -1.82. The number of rotatable bonds is 4. The van der Waals surface area contributed by atoms with Crippen molar-refractivity contribution >= 4 is 12.4 Å². The topological polar surface area (TPSA) is 35.8 Å². The standard InChI is InChI=1S/C17H16N2.ClH/c18-11-13-6-8-14(9-7-13)12-19-17-10-16(17)15-4-2-1-3-5-15;/h1-9,16-17,19H,10,12H2;1H. The average molecular weight is 285 g/mol. The fraction of sp³-hybridized carbons (Fsp3) is 0.235. The molecule has 1 aliphatic carbocycles. The summed E-state index contributed by atoms with van der Waals surface area (Å²) in [5.74, 6) is 0.666. The zero-order valence-corrected chi connectivity index (χ0v) is 11.9. The highest BCUT2D eigenvalue weighted by Crippen LogP contribution is 2.40. The molecule has 102 valence electrons. The Labute approximate surface area is 125 Å². The molecular formula is C17H17ClN2. The molecule has 0 aliphatic heterocycles. The first-order chi connectivity index (χ1) is 9.36. The quantitative estimate of drug-likeness (QED) is 0.931. The van der Waals surface area contributed by atoms with Gasteiger partial charge < -0.3 is 5.32 Å². The molecule has 20 heavy (non-hydrogen) atoms. The van der Waals surface area contributed by atoms with Crippen molar-refractivity contribution in [2.45, 2.75) is 24.9 Å². The highest BCUT2D eigenvalue weighted by molar-refractivity contribution is 5.85. The van der Waals surface area contributed by atoms with Crippen LogP contribution in [0, 0.1) is 11.3 Å². The molecule has 0 spiro atoms. The number of hydrogen-bond donors (Lipinski definition) is 1. The summed E-state index contributed by atoms with van der Waals surface area (Å²) in [6.45, 7) is 0.875. The number of benzene rings is 2. The van der Waals surface area contributed by atoms with Crippen molar-refractivity contribution in [1.82, 2.24) is 5.32 Å². The third-order valence-electron chi connectivity index (χ3n) is 3.67. The second-order valence-electron chi connectivity index (χ2n) is 5.05. The number of hydrogen-bond acceptors (Lipinski definition) is 2. The van der Waals surface area contributed by atoms with E-state index >= 15 is 0 Å². The van der Waals surface area contributed by atoms with E-state index in [1.54, 1.807) is 0 Å². The van der Waals surface area contributed by atoms with E-state index < -0.39 is 0 Å². The lowest BCUT2D eigenvalue weighted by Gasteiger charge is -2.05. The molecular weight excluding hydrogens is 268 g/mol. The van der Waals surface area contributed by atoms with E-state index in [1.807, 2.05) is 24.3 Å². The van der Waals surface area contributed by atoms with Crippen LogP contribution in [-0.4, -0.2) is 6.04 Å². The van der Waals surface area contributed by atoms with E-state index in [1.165, 1.54) is 17.5 Å². The molecule has 2 nitrogen and oxygen atoms in total. The maximum absolute atomic E-state index is 8.75. The van der Waals surface area contributed by atoms with Crippen LogP contribution in [0.25, 0.3) is 0 Å². The molecule has 2 unspecified atom stereocenters. The van der Waals surface area contributed by atoms with Gasteiger partial charge in [-0.2, -0.15) is 5.26 Å². The minimum Gasteiger partial charge on any atom is -0.309 e. The van der Waals surface area contributed by atoms with Crippen LogP contribution < -0.4 is 5.32 Å². The summed E-state index contributed by atoms with van der Waals surface area (Å²) in [5, 5.41) is 12.3. The first-order valence-electron chi connectivity index (χ1n) is 6.64. The molecule has 2 atom stereocenters. The summed E-state index contributed by atoms with van der Waals surface area (Å²) >= 11 is 0. The summed E-state index contributed by atoms with van der Waals surface area (Å²) in [6, 6.07) is 21.2. The van der Waals surface area contributed by atoms with Crippen molar-refractivity contribution in [3.05, 3.63) is 71.3 Å². The molecule has 2 aromatic rings. The smallest absolute Gasteiger partial charge is 0.0991 e. The van der Waals surface area contributed by atoms with Gasteiger partial charge in [0.1, 0.15) is 0 Å². The Morgan fingerprint density at radius 2 is 1.75 bits per heavy atom. The minimum atomic E-state index is 0. The lowest BCUT2D eigenvalue weighted by molar-refractivity contribution is 0.673. The van der Waals surface area contributed by atoms with Crippen molar-refractivity contribution in [2.75, 3.05) is 0 Å². The SMILES string of the molecule is Cl.N#Cc1ccc(CNC2CC2c2ccccc2)cc1. The van der Waals surface area contributed by atoms with E-state index in [9.17, 15) is 0 Å². The molecule has 1 fully saturated rings. The molecule has 3 heteroatoms. The van der Waals surface area contributed by atoms with Gasteiger partial charge in [-0.15, -0.1) is 12.4 Å². The van der Waals surface area contributed by atoms with Gasteiger partial charge in [0.25, 0.3) is 0 Å². The van der Waals surface area contributed by atoms with Crippen LogP contribution in [0.4, 0.5) is 0 Å². The molecule has 3 rings (SSSR count). The monoisotopic (exact) mass is 284 g/mol. The first kappa shape index (κ1) is 14.6. The lowest BCUT2D eigenvalue weighted by atomic mass is 10.1. The second kappa shape index (κ2) is 6.56. The largest absolute Gasteiger partial charge is 0.309 e. The summed E-state index contributed by atoms with van der Waals surface area (Å²) in [4.78, 5) is 0. The second-order valence-corrected chi connectivity index (χ2v) is 5.05. The summed E-state index contributed by atoms with van der Waals surface area (Å²) in [6.07, 6.45) is 1.22. The predicted octanol–water partition coefficient (Wildman–Crippen LogP) is 3.63. The number of halogens is 1. The van der Waals surface area contributed by atoms with Crippen LogP contribution in [-0.2, 0) is 6.54 Å². The molecule has 2 aromatic carbocycles. The van der Waals surface area contributed by atoms with Gasteiger partial charge >= 0.3 is 0 Å². The predicted molar refractivity (Wildman–Crippen MR) is 82.8 cm³/mol. The van der Waals surface area contributed by atoms with Crippen molar-refractivity contribution in [1.29, 1.82) is 5.26 Å². The summed E-state index contributed by atoms with van der Waals surface area (Å²) in [5.41, 5.74) is 3.38. The fourth-order valence-electron chi connectivity index (χ4n) is 2.44. The van der Waals surface area contributed by atoms with E-state index in [0.29, 0.717) is 12.0 Å². The van der Waals surface area contributed by atoms with Gasteiger partial charge in [-0.3, -0.25) is 0 Å². The molecule has 0 heterocycles. The molecule has 1 aliphatic rings. The van der Waals surface area contributed by atoms with Crippen LogP contribution in [0.1, 0.15) is 29.0 Å². The Bertz CT molecular complexity index is 587. The van der Waals surface area contributed by atoms with Gasteiger partial charge in [-0.1, -0.05) is 42.5 Å². The van der Waals surface area contributed by atoms with Crippen LogP contribution in [0.15, 0.2) is 54.6 Å². The fourth-order valence-corrected chi connectivity index (χ4v) is 2.44. The highest BCUT2D eigenvalue weighted by atomic mass is 35.5. The number of nitrogens with zero attached hydrogens (tertiary/aromatic N) is 1. The van der Waals surface area contributed by atoms with Gasteiger partial charge in [0.15, 0.2) is 0 Å². The van der Waals surface area contributed by atoms with Gasteiger partial charge in [0, 0.05) is 18.5 Å². The Morgan fingerprint density at radius 3 is 2.40 bits per heavy atom. The van der Waals surface area contributed by atoms with Crippen molar-refractivity contribution < 1.29 is 0 Å². The van der Waals surface area contributed by atoms with Gasteiger partial charge in [0.2, 0.25) is 0 Å². The molecule has 0 bridgehead atoms. The van der Waals surface area contributed by atoms with Crippen molar-refractivity contribution in [3.8, 4) is 6.07 Å². The van der Waals surface area contributed by atoms with Gasteiger partial charge in [-0.05, 0) is 29.7 Å². The van der Waals surface area contributed by atoms with Crippen LogP contribution in [0.3, 0.4) is 0 Å². The van der Waals surface area contributed by atoms with Crippen molar-refractivity contribution in [2.24, 2.45) is 0 Å². The minimum absolute atomic E-state index is 0. The molecule has 1 saturated carbocycles. The average Bonchev–Trinajstić information content (AvgIpc) is 3.26. The van der Waals surface area contributed by atoms with E-state index in [0.717, 1.165) is 12.1 Å². The Balaban J connectivity index is 0.00000147. The maximum Gasteiger partial charge on any atom is 0.0991 e. The van der Waals surface area contributed by atoms with Crippen LogP contribution >= 0.6 is 12.4 Å². The van der Waals surface area contributed by atoms with Crippen LogP contribution in [0.2, 0.25) is 0 Å². The summed E-state index contributed by atoms with van der Waals surface area (Å²) in [7, 11) is 0. The Kier molecular flexibility index (Phi) is 4.79. The highest BCUT2D eigenvalue weighted by Gasteiger charge is 2.37. The molecule has 0 aromatic heterocycles. The maximum atomic E-state index is 8.75. The Morgan fingerprint density at radius 1 is 1.05 bits per heavy atom. The zero-order valence-electron chi connectivity index (χ0n) is 11.1. The first-order valence-corrected chi connectivity index (χ1v) is 6.64. The number of nitrogens with one attached hydrogen (secondary N) is 1. The van der Waals surface area contributed by atoms with Gasteiger partial charge in [-0.25, -0.2) is 0 Å². The zero-order chi connectivity index (χ0) is 13.1. The van der Waals surface area contributed by atoms with Crippen LogP contribution in [0.5, 0.6) is 0 Å². The number of nitriles is 1. The normalized spacial score (nSPS) is 19.8. The third kappa shape index (κ3) is 3.39. The molecule has 1 N–H and O–H groups in total. The van der Waals surface area contributed by atoms with Gasteiger partial charge in [0.05, 0.1) is 11.6 Å².